The van der Waals surface area contributed by atoms with E-state index in [9.17, 15) is 35.1 Å². The highest BCUT2D eigenvalue weighted by atomic mass is 19.4. The van der Waals surface area contributed by atoms with Gasteiger partial charge in [0.05, 0.1) is 0 Å². The van der Waals surface area contributed by atoms with E-state index in [1.54, 1.807) is 0 Å². The summed E-state index contributed by atoms with van der Waals surface area (Å²) in [6, 6.07) is 2.79. The number of alkyl halides is 8. The Hall–Kier alpha value is -3.13. The van der Waals surface area contributed by atoms with E-state index in [1.807, 2.05) is 0 Å². The van der Waals surface area contributed by atoms with Crippen molar-refractivity contribution in [2.24, 2.45) is 0 Å². The van der Waals surface area contributed by atoms with Gasteiger partial charge >= 0.3 is 30.5 Å². The summed E-state index contributed by atoms with van der Waals surface area (Å²) < 4.78 is 112. The fourth-order valence-corrected chi connectivity index (χ4v) is 1.76. The van der Waals surface area contributed by atoms with Crippen LogP contribution >= 0.6 is 0 Å². The van der Waals surface area contributed by atoms with E-state index in [0.29, 0.717) is 6.92 Å². The Morgan fingerprint density at radius 2 is 1.23 bits per heavy atom. The Morgan fingerprint density at radius 3 is 1.63 bits per heavy atom. The van der Waals surface area contributed by atoms with Crippen molar-refractivity contribution >= 4 is 11.6 Å². The first kappa shape index (κ1) is 23.2. The molecule has 2 aromatic rings. The molecular formula is C15H12F8N4O3. The van der Waals surface area contributed by atoms with Crippen LogP contribution in [0.1, 0.15) is 6.92 Å². The number of aromatic nitrogens is 3. The molecule has 0 aliphatic rings. The molecule has 2 rings (SSSR count). The van der Waals surface area contributed by atoms with Crippen molar-refractivity contribution in [3.8, 4) is 17.8 Å². The molecule has 7 nitrogen and oxygen atoms in total. The third-order valence-corrected chi connectivity index (χ3v) is 2.73. The zero-order valence-corrected chi connectivity index (χ0v) is 14.8. The second-order valence-corrected chi connectivity index (χ2v) is 5.59. The number of hydrogen-bond acceptors (Lipinski definition) is 7. The van der Waals surface area contributed by atoms with Gasteiger partial charge in [0.15, 0.2) is 13.2 Å². The summed E-state index contributed by atoms with van der Waals surface area (Å²) in [6.45, 7) is -3.10. The first-order chi connectivity index (χ1) is 13.7. The monoisotopic (exact) mass is 448 g/mol. The van der Waals surface area contributed by atoms with E-state index in [-0.39, 0.29) is 11.4 Å². The van der Waals surface area contributed by atoms with Gasteiger partial charge in [-0.25, -0.2) is 0 Å². The van der Waals surface area contributed by atoms with E-state index >= 15 is 0 Å². The molecule has 0 amide bonds. The molecule has 0 radical (unpaired) electrons. The molecule has 1 heterocycles. The molecule has 0 saturated carbocycles. The van der Waals surface area contributed by atoms with Gasteiger partial charge in [-0.3, -0.25) is 0 Å². The number of anilines is 2. The van der Waals surface area contributed by atoms with Crippen LogP contribution in [0.3, 0.4) is 0 Å². The van der Waals surface area contributed by atoms with Gasteiger partial charge in [-0.15, -0.1) is 4.98 Å². The smallest absolute Gasteiger partial charge is 0.422 e. The fourth-order valence-electron chi connectivity index (χ4n) is 1.76. The average molecular weight is 448 g/mol. The Kier molecular flexibility index (Phi) is 6.72. The van der Waals surface area contributed by atoms with Gasteiger partial charge in [0.2, 0.25) is 5.95 Å². The van der Waals surface area contributed by atoms with Crippen LogP contribution in [0.4, 0.5) is 46.8 Å². The quantitative estimate of drug-likeness (QED) is 0.597. The third kappa shape index (κ3) is 8.91. The lowest BCUT2D eigenvalue weighted by Gasteiger charge is -2.14. The molecule has 30 heavy (non-hydrogen) atoms. The largest absolute Gasteiger partial charge is 0.454 e. The van der Waals surface area contributed by atoms with Crippen LogP contribution in [-0.2, 0) is 0 Å². The van der Waals surface area contributed by atoms with Gasteiger partial charge in [-0.1, -0.05) is 0 Å². The average Bonchev–Trinajstić information content (AvgIpc) is 2.57. The normalized spacial score (nSPS) is 12.4. The maximum Gasteiger partial charge on any atom is 0.422 e. The highest BCUT2D eigenvalue weighted by Crippen LogP contribution is 2.25. The van der Waals surface area contributed by atoms with Gasteiger partial charge < -0.3 is 19.5 Å². The van der Waals surface area contributed by atoms with Gasteiger partial charge in [0, 0.05) is 12.6 Å². The van der Waals surface area contributed by atoms with E-state index in [2.05, 4.69) is 34.5 Å². The molecule has 1 aromatic carbocycles. The zero-order chi connectivity index (χ0) is 22.6. The van der Waals surface area contributed by atoms with Crippen molar-refractivity contribution in [2.45, 2.75) is 25.4 Å². The SMILES string of the molecule is CC(F)(F)Oc1ccc(Nc2nc(OCC(F)(F)F)nc(OCC(F)(F)F)n2)cc1. The molecule has 0 bridgehead atoms. The zero-order valence-electron chi connectivity index (χ0n) is 14.8. The number of ether oxygens (including phenoxy) is 3. The van der Waals surface area contributed by atoms with Crippen LogP contribution in [0.5, 0.6) is 17.8 Å². The predicted molar refractivity (Wildman–Crippen MR) is 83.9 cm³/mol. The molecular weight excluding hydrogens is 436 g/mol. The number of benzene rings is 1. The second kappa shape index (κ2) is 8.71. The molecule has 0 unspecified atom stereocenters. The van der Waals surface area contributed by atoms with Gasteiger partial charge in [0.1, 0.15) is 5.75 Å². The first-order valence-corrected chi connectivity index (χ1v) is 7.78. The molecule has 0 aliphatic heterocycles. The number of hydrogen-bond donors (Lipinski definition) is 1. The Bertz CT molecular complexity index is 802. The molecule has 15 heteroatoms. The van der Waals surface area contributed by atoms with Crippen molar-refractivity contribution in [1.82, 2.24) is 15.0 Å². The Morgan fingerprint density at radius 1 is 0.767 bits per heavy atom. The molecule has 0 spiro atoms. The number of nitrogens with zero attached hydrogens (tertiary/aromatic N) is 3. The maximum absolute atomic E-state index is 12.8. The van der Waals surface area contributed by atoms with Crippen LogP contribution in [0.2, 0.25) is 0 Å². The fraction of sp³-hybridized carbons (Fsp3) is 0.400. The number of halogens is 8. The summed E-state index contributed by atoms with van der Waals surface area (Å²) in [5, 5.41) is 2.44. The lowest BCUT2D eigenvalue weighted by molar-refractivity contribution is -0.159. The minimum absolute atomic E-state index is 0.136. The molecule has 1 aromatic heterocycles. The van der Waals surface area contributed by atoms with Crippen molar-refractivity contribution in [1.29, 1.82) is 0 Å². The summed E-state index contributed by atoms with van der Waals surface area (Å²) in [7, 11) is 0. The molecule has 0 aliphatic carbocycles. The van der Waals surface area contributed by atoms with Crippen molar-refractivity contribution < 1.29 is 49.3 Å². The standard InChI is InChI=1S/C15H12F8N4O3/c1-13(16,17)30-9-4-2-8(3-5-9)24-10-25-11(28-6-14(18,19)20)27-12(26-10)29-7-15(21,22)23/h2-5H,6-7H2,1H3,(H,24,25,26,27). The highest BCUT2D eigenvalue weighted by molar-refractivity contribution is 5.54. The molecule has 0 fully saturated rings. The van der Waals surface area contributed by atoms with E-state index in [4.69, 9.17) is 0 Å². The van der Waals surface area contributed by atoms with Crippen LogP contribution in [0.15, 0.2) is 24.3 Å². The van der Waals surface area contributed by atoms with Crippen molar-refractivity contribution in [3.63, 3.8) is 0 Å². The predicted octanol–water partition coefficient (Wildman–Crippen LogP) is 4.49. The van der Waals surface area contributed by atoms with E-state index in [1.165, 1.54) is 12.1 Å². The van der Waals surface area contributed by atoms with Gasteiger partial charge in [-0.2, -0.15) is 45.1 Å². The summed E-state index contributed by atoms with van der Waals surface area (Å²) in [4.78, 5) is 10.2. The summed E-state index contributed by atoms with van der Waals surface area (Å²) in [5.41, 5.74) is 0.136. The molecule has 166 valence electrons. The molecule has 1 N–H and O–H groups in total. The highest BCUT2D eigenvalue weighted by Gasteiger charge is 2.31. The van der Waals surface area contributed by atoms with Crippen LogP contribution in [0, 0.1) is 0 Å². The lowest BCUT2D eigenvalue weighted by atomic mass is 10.3. The van der Waals surface area contributed by atoms with Crippen LogP contribution < -0.4 is 19.5 Å². The summed E-state index contributed by atoms with van der Waals surface area (Å²) in [6.07, 6.45) is -13.0. The van der Waals surface area contributed by atoms with Crippen LogP contribution in [-0.4, -0.2) is 46.6 Å². The summed E-state index contributed by atoms with van der Waals surface area (Å²) in [5.74, 6) is -0.721. The van der Waals surface area contributed by atoms with Crippen molar-refractivity contribution in [2.75, 3.05) is 18.5 Å². The summed E-state index contributed by atoms with van der Waals surface area (Å²) >= 11 is 0. The van der Waals surface area contributed by atoms with Crippen LogP contribution in [0.25, 0.3) is 0 Å². The topological polar surface area (TPSA) is 78.4 Å². The number of nitrogens with one attached hydrogen (secondary N) is 1. The van der Waals surface area contributed by atoms with Crippen molar-refractivity contribution in [3.05, 3.63) is 24.3 Å². The third-order valence-electron chi connectivity index (χ3n) is 2.73. The van der Waals surface area contributed by atoms with E-state index < -0.39 is 49.6 Å². The van der Waals surface area contributed by atoms with E-state index in [0.717, 1.165) is 12.1 Å². The lowest BCUT2D eigenvalue weighted by Crippen LogP contribution is -2.22. The maximum atomic E-state index is 12.8. The second-order valence-electron chi connectivity index (χ2n) is 5.59. The first-order valence-electron chi connectivity index (χ1n) is 7.78. The van der Waals surface area contributed by atoms with Gasteiger partial charge in [-0.05, 0) is 24.3 Å². The van der Waals surface area contributed by atoms with Gasteiger partial charge in [0.25, 0.3) is 0 Å². The minimum atomic E-state index is -4.76. The molecule has 0 atom stereocenters. The molecule has 0 saturated heterocycles. The minimum Gasteiger partial charge on any atom is -0.454 e. The Balaban J connectivity index is 2.19. The number of rotatable bonds is 8. The Labute approximate surface area is 163 Å².